The number of hydrogen-bond donors (Lipinski definition) is 3. The molecule has 3 N–H and O–H groups in total. The lowest BCUT2D eigenvalue weighted by atomic mass is 9.95. The predicted molar refractivity (Wildman–Crippen MR) is 98.0 cm³/mol. The first-order valence-corrected chi connectivity index (χ1v) is 8.96. The van der Waals surface area contributed by atoms with Crippen molar-refractivity contribution < 1.29 is 9.59 Å². The van der Waals surface area contributed by atoms with Crippen LogP contribution in [0.1, 0.15) is 52.4 Å². The Kier molecular flexibility index (Phi) is 7.09. The molecule has 5 heteroatoms. The second kappa shape index (κ2) is 9.30. The zero-order valence-corrected chi connectivity index (χ0v) is 14.7. The summed E-state index contributed by atoms with van der Waals surface area (Å²) in [5.74, 6) is 0.405. The minimum absolute atomic E-state index is 0.0255. The zero-order chi connectivity index (χ0) is 17.4. The third kappa shape index (κ3) is 6.60. The highest BCUT2D eigenvalue weighted by Crippen LogP contribution is 2.17. The minimum Gasteiger partial charge on any atom is -0.376 e. The van der Waals surface area contributed by atoms with E-state index in [-0.39, 0.29) is 18.4 Å². The summed E-state index contributed by atoms with van der Waals surface area (Å²) >= 11 is 0. The van der Waals surface area contributed by atoms with E-state index >= 15 is 0 Å². The van der Waals surface area contributed by atoms with Crippen LogP contribution in [0.5, 0.6) is 0 Å². The van der Waals surface area contributed by atoms with Gasteiger partial charge in [-0.05, 0) is 43.0 Å². The molecule has 2 amide bonds. The van der Waals surface area contributed by atoms with E-state index in [9.17, 15) is 9.59 Å². The predicted octanol–water partition coefficient (Wildman–Crippen LogP) is 3.53. The van der Waals surface area contributed by atoms with Crippen LogP contribution in [-0.2, 0) is 9.59 Å². The normalized spacial score (nSPS) is 15.1. The lowest BCUT2D eigenvalue weighted by molar-refractivity contribution is -0.120. The first kappa shape index (κ1) is 18.3. The van der Waals surface area contributed by atoms with Gasteiger partial charge in [0.05, 0.1) is 6.54 Å². The number of amides is 2. The van der Waals surface area contributed by atoms with E-state index < -0.39 is 0 Å². The molecule has 1 aromatic carbocycles. The average molecular weight is 331 g/mol. The zero-order valence-electron chi connectivity index (χ0n) is 14.7. The minimum atomic E-state index is 0.0255. The van der Waals surface area contributed by atoms with Gasteiger partial charge in [-0.1, -0.05) is 33.1 Å². The van der Waals surface area contributed by atoms with Crippen LogP contribution >= 0.6 is 0 Å². The van der Waals surface area contributed by atoms with Crippen LogP contribution in [0, 0.1) is 5.92 Å². The van der Waals surface area contributed by atoms with Crippen molar-refractivity contribution in [2.75, 3.05) is 17.2 Å². The lowest BCUT2D eigenvalue weighted by Crippen LogP contribution is -2.39. The Morgan fingerprint density at radius 2 is 1.62 bits per heavy atom. The fourth-order valence-corrected chi connectivity index (χ4v) is 2.96. The van der Waals surface area contributed by atoms with Gasteiger partial charge in [0.15, 0.2) is 0 Å². The average Bonchev–Trinajstić information content (AvgIpc) is 2.54. The first-order chi connectivity index (χ1) is 11.5. The molecule has 0 radical (unpaired) electrons. The van der Waals surface area contributed by atoms with Gasteiger partial charge in [0.25, 0.3) is 0 Å². The number of carbonyl (C=O) groups is 2. The quantitative estimate of drug-likeness (QED) is 0.716. The van der Waals surface area contributed by atoms with E-state index in [1.165, 1.54) is 19.3 Å². The van der Waals surface area contributed by atoms with Crippen molar-refractivity contribution in [2.45, 2.75) is 58.4 Å². The van der Waals surface area contributed by atoms with Crippen LogP contribution < -0.4 is 16.0 Å². The maximum absolute atomic E-state index is 12.0. The van der Waals surface area contributed by atoms with Gasteiger partial charge in [-0.2, -0.15) is 0 Å². The molecule has 1 aromatic rings. The van der Waals surface area contributed by atoms with Gasteiger partial charge in [0, 0.05) is 23.8 Å². The molecule has 1 fully saturated rings. The standard InChI is InChI=1S/C19H29N3O2/c1-14(2)12-18(23)21-17-10-8-15(9-11-17)20-13-19(24)22-16-6-4-3-5-7-16/h8-11,14,16,20H,3-7,12-13H2,1-2H3,(H,21,23)(H,22,24). The van der Waals surface area contributed by atoms with Crippen molar-refractivity contribution in [3.8, 4) is 0 Å². The van der Waals surface area contributed by atoms with Gasteiger partial charge in [-0.15, -0.1) is 0 Å². The van der Waals surface area contributed by atoms with Gasteiger partial charge in [0.1, 0.15) is 0 Å². The molecule has 132 valence electrons. The second-order valence-electron chi connectivity index (χ2n) is 6.98. The van der Waals surface area contributed by atoms with Gasteiger partial charge in [-0.3, -0.25) is 9.59 Å². The molecule has 1 saturated carbocycles. The Morgan fingerprint density at radius 1 is 1.00 bits per heavy atom. The summed E-state index contributed by atoms with van der Waals surface area (Å²) in [5.41, 5.74) is 1.65. The number of nitrogens with one attached hydrogen (secondary N) is 3. The molecule has 1 aliphatic carbocycles. The number of anilines is 2. The molecule has 0 heterocycles. The van der Waals surface area contributed by atoms with E-state index in [2.05, 4.69) is 16.0 Å². The SMILES string of the molecule is CC(C)CC(=O)Nc1ccc(NCC(=O)NC2CCCCC2)cc1. The molecular formula is C19H29N3O2. The summed E-state index contributed by atoms with van der Waals surface area (Å²) < 4.78 is 0. The van der Waals surface area contributed by atoms with Crippen LogP contribution in [0.2, 0.25) is 0 Å². The van der Waals surface area contributed by atoms with Crippen molar-refractivity contribution in [3.63, 3.8) is 0 Å². The number of hydrogen-bond acceptors (Lipinski definition) is 3. The Labute approximate surface area is 144 Å². The molecule has 2 rings (SSSR count). The highest BCUT2D eigenvalue weighted by Gasteiger charge is 2.15. The topological polar surface area (TPSA) is 70.2 Å². The molecule has 0 atom stereocenters. The van der Waals surface area contributed by atoms with Gasteiger partial charge >= 0.3 is 0 Å². The van der Waals surface area contributed by atoms with Crippen molar-refractivity contribution in [1.82, 2.24) is 5.32 Å². The number of benzene rings is 1. The Morgan fingerprint density at radius 3 is 2.25 bits per heavy atom. The summed E-state index contributed by atoms with van der Waals surface area (Å²) in [6.45, 7) is 4.31. The van der Waals surface area contributed by atoms with Crippen LogP contribution in [0.25, 0.3) is 0 Å². The fourth-order valence-electron chi connectivity index (χ4n) is 2.96. The Bertz CT molecular complexity index is 534. The number of rotatable bonds is 7. The van der Waals surface area contributed by atoms with Crippen LogP contribution in [-0.4, -0.2) is 24.4 Å². The molecule has 0 aliphatic heterocycles. The highest BCUT2D eigenvalue weighted by atomic mass is 16.2. The third-order valence-corrected chi connectivity index (χ3v) is 4.19. The Balaban J connectivity index is 1.72. The molecular weight excluding hydrogens is 302 g/mol. The van der Waals surface area contributed by atoms with E-state index in [0.29, 0.717) is 18.4 Å². The molecule has 5 nitrogen and oxygen atoms in total. The molecule has 0 saturated heterocycles. The summed E-state index contributed by atoms with van der Waals surface area (Å²) in [6, 6.07) is 7.78. The molecule has 0 spiro atoms. The molecule has 24 heavy (non-hydrogen) atoms. The van der Waals surface area contributed by atoms with Gasteiger partial charge in [0.2, 0.25) is 11.8 Å². The summed E-state index contributed by atoms with van der Waals surface area (Å²) in [4.78, 5) is 23.7. The van der Waals surface area contributed by atoms with E-state index in [4.69, 9.17) is 0 Å². The van der Waals surface area contributed by atoms with E-state index in [0.717, 1.165) is 24.2 Å². The summed E-state index contributed by atoms with van der Waals surface area (Å²) in [5, 5.41) is 9.08. The van der Waals surface area contributed by atoms with E-state index in [1.54, 1.807) is 0 Å². The van der Waals surface area contributed by atoms with Crippen LogP contribution in [0.3, 0.4) is 0 Å². The van der Waals surface area contributed by atoms with Gasteiger partial charge in [-0.25, -0.2) is 0 Å². The lowest BCUT2D eigenvalue weighted by Gasteiger charge is -2.22. The Hall–Kier alpha value is -2.04. The second-order valence-corrected chi connectivity index (χ2v) is 6.98. The van der Waals surface area contributed by atoms with Crippen molar-refractivity contribution >= 4 is 23.2 Å². The maximum atomic E-state index is 12.0. The van der Waals surface area contributed by atoms with Crippen LogP contribution in [0.15, 0.2) is 24.3 Å². The van der Waals surface area contributed by atoms with E-state index in [1.807, 2.05) is 38.1 Å². The van der Waals surface area contributed by atoms with Gasteiger partial charge < -0.3 is 16.0 Å². The molecule has 0 aromatic heterocycles. The highest BCUT2D eigenvalue weighted by molar-refractivity contribution is 5.91. The summed E-state index contributed by atoms with van der Waals surface area (Å²) in [7, 11) is 0. The van der Waals surface area contributed by atoms with Crippen LogP contribution in [0.4, 0.5) is 11.4 Å². The van der Waals surface area contributed by atoms with Crippen molar-refractivity contribution in [2.24, 2.45) is 5.92 Å². The molecule has 0 bridgehead atoms. The molecule has 0 unspecified atom stereocenters. The first-order valence-electron chi connectivity index (χ1n) is 8.96. The van der Waals surface area contributed by atoms with Crippen molar-refractivity contribution in [3.05, 3.63) is 24.3 Å². The smallest absolute Gasteiger partial charge is 0.239 e. The molecule has 1 aliphatic rings. The maximum Gasteiger partial charge on any atom is 0.239 e. The number of carbonyl (C=O) groups excluding carboxylic acids is 2. The monoisotopic (exact) mass is 331 g/mol. The third-order valence-electron chi connectivity index (χ3n) is 4.19. The van der Waals surface area contributed by atoms with Crippen molar-refractivity contribution in [1.29, 1.82) is 0 Å². The fraction of sp³-hybridized carbons (Fsp3) is 0.579. The largest absolute Gasteiger partial charge is 0.376 e. The summed E-state index contributed by atoms with van der Waals surface area (Å²) in [6.07, 6.45) is 6.41.